The van der Waals surface area contributed by atoms with E-state index in [0.29, 0.717) is 33.4 Å². The Morgan fingerprint density at radius 3 is 2.69 bits per heavy atom. The van der Waals surface area contributed by atoms with Gasteiger partial charge in [-0.15, -0.1) is 0 Å². The number of hydrogen-bond acceptors (Lipinski definition) is 4. The number of carbonyl (C=O) groups excluding carboxylic acids is 1. The Labute approximate surface area is 171 Å². The topological polar surface area (TPSA) is 72.7 Å². The van der Waals surface area contributed by atoms with Crippen molar-refractivity contribution in [3.8, 4) is 5.75 Å². The van der Waals surface area contributed by atoms with Gasteiger partial charge in [-0.3, -0.25) is 14.0 Å². The number of amides is 1. The number of rotatable bonds is 5. The smallest absolute Gasteiger partial charge is 0.258 e. The number of nitrogens with zero attached hydrogens (tertiary/aromatic N) is 2. The van der Waals surface area contributed by atoms with Crippen molar-refractivity contribution >= 4 is 28.8 Å². The third-order valence-electron chi connectivity index (χ3n) is 4.19. The normalized spacial score (nSPS) is 10.7. The summed E-state index contributed by atoms with van der Waals surface area (Å²) in [5.41, 5.74) is 1.93. The average Bonchev–Trinajstić information content (AvgIpc) is 2.74. The number of pyridine rings is 1. The van der Waals surface area contributed by atoms with Crippen molar-refractivity contribution in [2.75, 3.05) is 5.32 Å². The summed E-state index contributed by atoms with van der Waals surface area (Å²) in [5.74, 6) is 0.347. The first-order chi connectivity index (χ1) is 14.1. The Balaban J connectivity index is 1.47. The molecule has 29 heavy (non-hydrogen) atoms. The first-order valence-electron chi connectivity index (χ1n) is 8.85. The number of ether oxygens (including phenoxy) is 1. The second-order valence-corrected chi connectivity index (χ2v) is 6.73. The lowest BCUT2D eigenvalue weighted by Gasteiger charge is -2.10. The molecule has 0 aliphatic heterocycles. The molecule has 0 unspecified atom stereocenters. The summed E-state index contributed by atoms with van der Waals surface area (Å²) in [5, 5.41) is 3.29. The largest absolute Gasteiger partial charge is 0.487 e. The molecule has 2 aromatic carbocycles. The summed E-state index contributed by atoms with van der Waals surface area (Å²) in [6.07, 6.45) is 1.52. The maximum Gasteiger partial charge on any atom is 0.258 e. The van der Waals surface area contributed by atoms with Crippen molar-refractivity contribution in [1.82, 2.24) is 9.38 Å². The molecule has 144 valence electrons. The fraction of sp³-hybridized carbons (Fsp3) is 0.0455. The monoisotopic (exact) mass is 405 g/mol. The van der Waals surface area contributed by atoms with Crippen LogP contribution in [-0.4, -0.2) is 15.3 Å². The predicted octanol–water partition coefficient (Wildman–Crippen LogP) is 4.18. The quantitative estimate of drug-likeness (QED) is 0.540. The van der Waals surface area contributed by atoms with Gasteiger partial charge < -0.3 is 10.1 Å². The SMILES string of the molecule is O=C(Nc1cccc(OCc2cc(=O)n3cc(Cl)ccc3n2)c1)c1ccccc1. The first-order valence-corrected chi connectivity index (χ1v) is 9.23. The molecule has 0 saturated carbocycles. The summed E-state index contributed by atoms with van der Waals surface area (Å²) in [6, 6.07) is 20.7. The van der Waals surface area contributed by atoms with Gasteiger partial charge in [0, 0.05) is 29.6 Å². The third kappa shape index (κ3) is 4.44. The highest BCUT2D eigenvalue weighted by Gasteiger charge is 2.07. The van der Waals surface area contributed by atoms with Crippen LogP contribution in [0.25, 0.3) is 5.65 Å². The molecule has 0 radical (unpaired) electrons. The molecule has 0 aliphatic carbocycles. The van der Waals surface area contributed by atoms with E-state index in [1.807, 2.05) is 18.2 Å². The Kier molecular flexibility index (Phi) is 5.27. The molecule has 1 N–H and O–H groups in total. The Morgan fingerprint density at radius 1 is 1.03 bits per heavy atom. The van der Waals surface area contributed by atoms with Crippen LogP contribution in [0, 0.1) is 0 Å². The molecule has 0 atom stereocenters. The molecule has 0 saturated heterocycles. The van der Waals surface area contributed by atoms with E-state index in [-0.39, 0.29) is 18.1 Å². The Hall–Kier alpha value is -3.64. The van der Waals surface area contributed by atoms with E-state index in [0.717, 1.165) is 0 Å². The molecular formula is C22H16ClN3O3. The predicted molar refractivity (Wildman–Crippen MR) is 112 cm³/mol. The van der Waals surface area contributed by atoms with Gasteiger partial charge in [-0.1, -0.05) is 35.9 Å². The van der Waals surface area contributed by atoms with Crippen LogP contribution in [0.3, 0.4) is 0 Å². The van der Waals surface area contributed by atoms with Crippen LogP contribution >= 0.6 is 11.6 Å². The van der Waals surface area contributed by atoms with Gasteiger partial charge in [0.1, 0.15) is 18.0 Å². The van der Waals surface area contributed by atoms with Gasteiger partial charge in [0.15, 0.2) is 0 Å². The van der Waals surface area contributed by atoms with Crippen molar-refractivity contribution in [3.05, 3.63) is 106 Å². The van der Waals surface area contributed by atoms with Gasteiger partial charge in [0.2, 0.25) is 0 Å². The number of carbonyl (C=O) groups is 1. The van der Waals surface area contributed by atoms with Crippen molar-refractivity contribution in [2.24, 2.45) is 0 Å². The number of fused-ring (bicyclic) bond motifs is 1. The Bertz CT molecular complexity index is 1240. The third-order valence-corrected chi connectivity index (χ3v) is 4.41. The van der Waals surface area contributed by atoms with Crippen LogP contribution in [0.2, 0.25) is 5.02 Å². The highest BCUT2D eigenvalue weighted by Crippen LogP contribution is 2.19. The number of halogens is 1. The van der Waals surface area contributed by atoms with Crippen LogP contribution in [0.1, 0.15) is 16.1 Å². The molecule has 0 bridgehead atoms. The molecule has 6 nitrogen and oxygen atoms in total. The molecule has 0 aliphatic rings. The lowest BCUT2D eigenvalue weighted by atomic mass is 10.2. The molecule has 0 fully saturated rings. The molecule has 2 heterocycles. The van der Waals surface area contributed by atoms with E-state index in [9.17, 15) is 9.59 Å². The first kappa shape index (κ1) is 18.7. The van der Waals surface area contributed by atoms with Gasteiger partial charge >= 0.3 is 0 Å². The van der Waals surface area contributed by atoms with E-state index >= 15 is 0 Å². The molecule has 0 spiro atoms. The summed E-state index contributed by atoms with van der Waals surface area (Å²) in [4.78, 5) is 28.9. The van der Waals surface area contributed by atoms with Crippen molar-refractivity contribution in [2.45, 2.75) is 6.61 Å². The van der Waals surface area contributed by atoms with Gasteiger partial charge in [0.05, 0.1) is 10.7 Å². The minimum Gasteiger partial charge on any atom is -0.487 e. The summed E-state index contributed by atoms with van der Waals surface area (Å²) in [7, 11) is 0. The highest BCUT2D eigenvalue weighted by molar-refractivity contribution is 6.30. The zero-order valence-corrected chi connectivity index (χ0v) is 16.0. The molecule has 4 aromatic rings. The summed E-state index contributed by atoms with van der Waals surface area (Å²) >= 11 is 5.92. The fourth-order valence-corrected chi connectivity index (χ4v) is 2.97. The standard InChI is InChI=1S/C22H16ClN3O3/c23-16-9-10-20-24-18(12-21(27)26(20)13-16)14-29-19-8-4-7-17(11-19)25-22(28)15-5-2-1-3-6-15/h1-13H,14H2,(H,25,28). The Morgan fingerprint density at radius 2 is 1.86 bits per heavy atom. The number of hydrogen-bond donors (Lipinski definition) is 1. The minimum atomic E-state index is -0.236. The van der Waals surface area contributed by atoms with E-state index in [1.165, 1.54) is 16.7 Å². The van der Waals surface area contributed by atoms with E-state index in [4.69, 9.17) is 16.3 Å². The molecular weight excluding hydrogens is 390 g/mol. The van der Waals surface area contributed by atoms with Crippen molar-refractivity contribution < 1.29 is 9.53 Å². The van der Waals surface area contributed by atoms with Gasteiger partial charge in [-0.2, -0.15) is 0 Å². The van der Waals surface area contributed by atoms with Crippen molar-refractivity contribution in [3.63, 3.8) is 0 Å². The fourth-order valence-electron chi connectivity index (χ4n) is 2.81. The van der Waals surface area contributed by atoms with Crippen LogP contribution in [0.4, 0.5) is 5.69 Å². The zero-order chi connectivity index (χ0) is 20.2. The van der Waals surface area contributed by atoms with Gasteiger partial charge in [-0.25, -0.2) is 4.98 Å². The van der Waals surface area contributed by atoms with Crippen LogP contribution in [-0.2, 0) is 6.61 Å². The second-order valence-electron chi connectivity index (χ2n) is 6.30. The van der Waals surface area contributed by atoms with Crippen LogP contribution < -0.4 is 15.6 Å². The highest BCUT2D eigenvalue weighted by atomic mass is 35.5. The van der Waals surface area contributed by atoms with Gasteiger partial charge in [-0.05, 0) is 36.4 Å². The number of nitrogens with one attached hydrogen (secondary N) is 1. The van der Waals surface area contributed by atoms with Crippen molar-refractivity contribution in [1.29, 1.82) is 0 Å². The summed E-state index contributed by atoms with van der Waals surface area (Å²) in [6.45, 7) is 0.116. The molecule has 4 rings (SSSR count). The zero-order valence-electron chi connectivity index (χ0n) is 15.2. The number of anilines is 1. The molecule has 7 heteroatoms. The van der Waals surface area contributed by atoms with E-state index in [2.05, 4.69) is 10.3 Å². The summed E-state index contributed by atoms with van der Waals surface area (Å²) < 4.78 is 7.14. The second kappa shape index (κ2) is 8.16. The molecule has 2 aromatic heterocycles. The van der Waals surface area contributed by atoms with E-state index in [1.54, 1.807) is 48.5 Å². The maximum atomic E-state index is 12.3. The average molecular weight is 406 g/mol. The lowest BCUT2D eigenvalue weighted by molar-refractivity contribution is 0.102. The van der Waals surface area contributed by atoms with Crippen LogP contribution in [0.15, 0.2) is 83.8 Å². The number of aromatic nitrogens is 2. The van der Waals surface area contributed by atoms with E-state index < -0.39 is 0 Å². The van der Waals surface area contributed by atoms with Crippen LogP contribution in [0.5, 0.6) is 5.75 Å². The lowest BCUT2D eigenvalue weighted by Crippen LogP contribution is -2.16. The molecule has 1 amide bonds. The minimum absolute atomic E-state index is 0.116. The number of benzene rings is 2. The maximum absolute atomic E-state index is 12.3. The van der Waals surface area contributed by atoms with Gasteiger partial charge in [0.25, 0.3) is 11.5 Å².